The second-order valence-electron chi connectivity index (χ2n) is 5.62. The summed E-state index contributed by atoms with van der Waals surface area (Å²) in [5, 5.41) is 6.49. The van der Waals surface area contributed by atoms with Gasteiger partial charge in [-0.3, -0.25) is 4.79 Å². The van der Waals surface area contributed by atoms with Crippen molar-refractivity contribution in [2.24, 2.45) is 5.92 Å². The summed E-state index contributed by atoms with van der Waals surface area (Å²) in [6.45, 7) is 4.55. The fourth-order valence-corrected chi connectivity index (χ4v) is 2.98. The van der Waals surface area contributed by atoms with E-state index in [0.717, 1.165) is 31.9 Å². The number of hydrogen-bond donors (Lipinski definition) is 2. The van der Waals surface area contributed by atoms with Crippen molar-refractivity contribution in [1.29, 1.82) is 0 Å². The van der Waals surface area contributed by atoms with Crippen LogP contribution in [0.15, 0.2) is 0 Å². The summed E-state index contributed by atoms with van der Waals surface area (Å²) >= 11 is 0. The van der Waals surface area contributed by atoms with Gasteiger partial charge in [0.15, 0.2) is 0 Å². The third-order valence-electron chi connectivity index (χ3n) is 4.22. The van der Waals surface area contributed by atoms with E-state index in [9.17, 15) is 4.79 Å². The number of nitrogens with one attached hydrogen (secondary N) is 2. The Morgan fingerprint density at radius 1 is 1.33 bits per heavy atom. The maximum atomic E-state index is 11.9. The highest BCUT2D eigenvalue weighted by Crippen LogP contribution is 2.26. The van der Waals surface area contributed by atoms with Gasteiger partial charge in [-0.2, -0.15) is 0 Å². The quantitative estimate of drug-likeness (QED) is 0.798. The maximum absolute atomic E-state index is 11.9. The third-order valence-corrected chi connectivity index (χ3v) is 4.22. The lowest BCUT2D eigenvalue weighted by Gasteiger charge is -2.29. The zero-order valence-corrected chi connectivity index (χ0v) is 11.4. The average molecular weight is 254 g/mol. The molecule has 1 aliphatic heterocycles. The monoisotopic (exact) mass is 254 g/mol. The molecule has 18 heavy (non-hydrogen) atoms. The second-order valence-corrected chi connectivity index (χ2v) is 5.62. The summed E-state index contributed by atoms with van der Waals surface area (Å²) in [4.78, 5) is 11.9. The lowest BCUT2D eigenvalue weighted by atomic mass is 9.84. The van der Waals surface area contributed by atoms with E-state index in [0.29, 0.717) is 19.1 Å². The van der Waals surface area contributed by atoms with Crippen LogP contribution in [0.5, 0.6) is 0 Å². The van der Waals surface area contributed by atoms with Crippen molar-refractivity contribution in [3.05, 3.63) is 0 Å². The molecule has 0 spiro atoms. The number of morpholine rings is 1. The zero-order chi connectivity index (χ0) is 12.8. The normalized spacial score (nSPS) is 33.1. The molecular weight excluding hydrogens is 228 g/mol. The van der Waals surface area contributed by atoms with Gasteiger partial charge in [-0.25, -0.2) is 0 Å². The first kappa shape index (κ1) is 13.8. The molecule has 0 aromatic rings. The van der Waals surface area contributed by atoms with Crippen molar-refractivity contribution < 1.29 is 9.53 Å². The van der Waals surface area contributed by atoms with E-state index in [4.69, 9.17) is 4.74 Å². The Morgan fingerprint density at radius 2 is 2.11 bits per heavy atom. The minimum absolute atomic E-state index is 0.179. The molecule has 1 aliphatic carbocycles. The van der Waals surface area contributed by atoms with Gasteiger partial charge in [0.2, 0.25) is 5.91 Å². The number of ether oxygens (including phenoxy) is 1. The molecule has 0 aromatic heterocycles. The van der Waals surface area contributed by atoms with Gasteiger partial charge in [0.1, 0.15) is 0 Å². The molecule has 0 bridgehead atoms. The van der Waals surface area contributed by atoms with E-state index in [-0.39, 0.29) is 11.9 Å². The Hall–Kier alpha value is -0.610. The van der Waals surface area contributed by atoms with Crippen LogP contribution in [0.25, 0.3) is 0 Å². The van der Waals surface area contributed by atoms with Crippen molar-refractivity contribution in [3.8, 4) is 0 Å². The van der Waals surface area contributed by atoms with Gasteiger partial charge in [-0.1, -0.05) is 13.3 Å². The largest absolute Gasteiger partial charge is 0.378 e. The van der Waals surface area contributed by atoms with Crippen molar-refractivity contribution in [1.82, 2.24) is 10.6 Å². The first-order valence-corrected chi connectivity index (χ1v) is 7.38. The highest BCUT2D eigenvalue weighted by atomic mass is 16.5. The molecule has 2 fully saturated rings. The summed E-state index contributed by atoms with van der Waals surface area (Å²) in [6, 6.07) is 0.607. The van der Waals surface area contributed by atoms with Crippen LogP contribution in [0.4, 0.5) is 0 Å². The van der Waals surface area contributed by atoms with E-state index in [1.165, 1.54) is 19.3 Å². The van der Waals surface area contributed by atoms with Gasteiger partial charge in [-0.15, -0.1) is 0 Å². The van der Waals surface area contributed by atoms with Gasteiger partial charge in [0, 0.05) is 25.0 Å². The number of rotatable bonds is 4. The number of carbonyl (C=O) groups excluding carboxylic acids is 1. The molecule has 2 aliphatic rings. The Kier molecular flexibility index (Phi) is 5.45. The van der Waals surface area contributed by atoms with Crippen LogP contribution in [0, 0.1) is 5.92 Å². The lowest BCUT2D eigenvalue weighted by Crippen LogP contribution is -2.46. The molecule has 1 unspecified atom stereocenters. The van der Waals surface area contributed by atoms with Crippen molar-refractivity contribution in [2.45, 2.75) is 57.5 Å². The van der Waals surface area contributed by atoms with Crippen LogP contribution < -0.4 is 10.6 Å². The molecule has 1 amide bonds. The van der Waals surface area contributed by atoms with E-state index in [1.807, 2.05) is 0 Å². The zero-order valence-electron chi connectivity index (χ0n) is 11.4. The van der Waals surface area contributed by atoms with E-state index < -0.39 is 0 Å². The molecule has 1 saturated carbocycles. The lowest BCUT2D eigenvalue weighted by molar-refractivity contribution is -0.123. The Balaban J connectivity index is 1.65. The molecule has 1 saturated heterocycles. The predicted molar refractivity (Wildman–Crippen MR) is 71.4 cm³/mol. The topological polar surface area (TPSA) is 50.4 Å². The van der Waals surface area contributed by atoms with Gasteiger partial charge in [0.05, 0.1) is 13.2 Å². The van der Waals surface area contributed by atoms with Crippen LogP contribution in [-0.2, 0) is 9.53 Å². The molecule has 1 heterocycles. The Morgan fingerprint density at radius 3 is 2.72 bits per heavy atom. The van der Waals surface area contributed by atoms with Crippen LogP contribution in [0.3, 0.4) is 0 Å². The molecular formula is C14H26N2O2. The Bertz CT molecular complexity index is 257. The Labute approximate surface area is 110 Å². The number of carbonyl (C=O) groups is 1. The SMILES string of the molecule is CCC1CCC(NC(=O)CC2COCCN2)CC1. The minimum Gasteiger partial charge on any atom is -0.378 e. The number of hydrogen-bond acceptors (Lipinski definition) is 3. The highest BCUT2D eigenvalue weighted by molar-refractivity contribution is 5.76. The third kappa shape index (κ3) is 4.25. The summed E-state index contributed by atoms with van der Waals surface area (Å²) in [7, 11) is 0. The van der Waals surface area contributed by atoms with E-state index >= 15 is 0 Å². The van der Waals surface area contributed by atoms with Gasteiger partial charge in [0.25, 0.3) is 0 Å². The first-order chi connectivity index (χ1) is 8.78. The highest BCUT2D eigenvalue weighted by Gasteiger charge is 2.23. The summed E-state index contributed by atoms with van der Waals surface area (Å²) in [5.41, 5.74) is 0. The van der Waals surface area contributed by atoms with Gasteiger partial charge in [-0.05, 0) is 31.6 Å². The maximum Gasteiger partial charge on any atom is 0.221 e. The standard InChI is InChI=1S/C14H26N2O2/c1-2-11-3-5-12(6-4-11)16-14(17)9-13-10-18-8-7-15-13/h11-13,15H,2-10H2,1H3,(H,16,17). The van der Waals surface area contributed by atoms with Crippen molar-refractivity contribution >= 4 is 5.91 Å². The number of amides is 1. The molecule has 4 heteroatoms. The molecule has 2 N–H and O–H groups in total. The van der Waals surface area contributed by atoms with Crippen molar-refractivity contribution in [3.63, 3.8) is 0 Å². The fraction of sp³-hybridized carbons (Fsp3) is 0.929. The molecule has 2 rings (SSSR count). The van der Waals surface area contributed by atoms with Crippen LogP contribution >= 0.6 is 0 Å². The second kappa shape index (κ2) is 7.10. The first-order valence-electron chi connectivity index (χ1n) is 7.38. The van der Waals surface area contributed by atoms with E-state index in [1.54, 1.807) is 0 Å². The summed E-state index contributed by atoms with van der Waals surface area (Å²) in [6.07, 6.45) is 6.67. The smallest absolute Gasteiger partial charge is 0.221 e. The molecule has 1 atom stereocenters. The predicted octanol–water partition coefficient (Wildman–Crippen LogP) is 1.45. The van der Waals surface area contributed by atoms with Gasteiger partial charge >= 0.3 is 0 Å². The minimum atomic E-state index is 0.179. The molecule has 0 aromatic carbocycles. The van der Waals surface area contributed by atoms with Gasteiger partial charge < -0.3 is 15.4 Å². The average Bonchev–Trinajstić information content (AvgIpc) is 2.40. The molecule has 0 radical (unpaired) electrons. The van der Waals surface area contributed by atoms with Crippen LogP contribution in [0.2, 0.25) is 0 Å². The summed E-state index contributed by atoms with van der Waals surface area (Å²) in [5.74, 6) is 1.06. The van der Waals surface area contributed by atoms with Crippen LogP contribution in [-0.4, -0.2) is 37.7 Å². The molecule has 104 valence electrons. The fourth-order valence-electron chi connectivity index (χ4n) is 2.98. The molecule has 4 nitrogen and oxygen atoms in total. The van der Waals surface area contributed by atoms with E-state index in [2.05, 4.69) is 17.6 Å². The van der Waals surface area contributed by atoms with Crippen LogP contribution in [0.1, 0.15) is 45.4 Å². The van der Waals surface area contributed by atoms with Crippen molar-refractivity contribution in [2.75, 3.05) is 19.8 Å². The summed E-state index contributed by atoms with van der Waals surface area (Å²) < 4.78 is 5.36.